The van der Waals surface area contributed by atoms with Crippen molar-refractivity contribution in [1.29, 1.82) is 0 Å². The second-order valence-corrected chi connectivity index (χ2v) is 12.0. The lowest BCUT2D eigenvalue weighted by molar-refractivity contribution is -0.148. The molecule has 0 spiro atoms. The molecule has 0 aliphatic carbocycles. The molecule has 5 rings (SSSR count). The Hall–Kier alpha value is -3.38. The summed E-state index contributed by atoms with van der Waals surface area (Å²) in [6.45, 7) is 3.41. The second-order valence-electron chi connectivity index (χ2n) is 12.0. The minimum absolute atomic E-state index is 0.110. The third-order valence-corrected chi connectivity index (χ3v) is 9.31. The number of carbonyl (C=O) groups is 2. The Kier molecular flexibility index (Phi) is 9.41. The molecule has 3 fully saturated rings. The summed E-state index contributed by atoms with van der Waals surface area (Å²) in [5, 5.41) is 1.33. The number of hydrazine groups is 1. The number of hydrogen-bond acceptors (Lipinski definition) is 7. The van der Waals surface area contributed by atoms with Gasteiger partial charge in [0.2, 0.25) is 5.67 Å². The van der Waals surface area contributed by atoms with Gasteiger partial charge in [-0.15, -0.1) is 0 Å². The number of nitrogens with two attached hydrogens (primary N) is 1. The molecular formula is C32H40F4N4O4. The highest BCUT2D eigenvalue weighted by atomic mass is 19.4. The molecule has 3 heterocycles. The molecule has 3 saturated heterocycles. The third-order valence-electron chi connectivity index (χ3n) is 9.31. The number of halogens is 4. The first-order valence-corrected chi connectivity index (χ1v) is 15.2. The zero-order chi connectivity index (χ0) is 31.6. The number of alkyl halides is 4. The summed E-state index contributed by atoms with van der Waals surface area (Å²) in [5.41, 5.74) is -1.000. The Labute approximate surface area is 255 Å². The Morgan fingerprint density at radius 1 is 1.00 bits per heavy atom. The van der Waals surface area contributed by atoms with Crippen LogP contribution in [0.5, 0.6) is 5.75 Å². The van der Waals surface area contributed by atoms with Gasteiger partial charge in [0.05, 0.1) is 31.7 Å². The minimum Gasteiger partial charge on any atom is -0.497 e. The zero-order valence-corrected chi connectivity index (χ0v) is 25.1. The predicted octanol–water partition coefficient (Wildman–Crippen LogP) is 4.88. The van der Waals surface area contributed by atoms with Crippen LogP contribution in [0.15, 0.2) is 42.5 Å². The van der Waals surface area contributed by atoms with Crippen molar-refractivity contribution in [1.82, 2.24) is 9.91 Å². The van der Waals surface area contributed by atoms with E-state index < -0.39 is 29.2 Å². The lowest BCUT2D eigenvalue weighted by atomic mass is 9.83. The number of nitrogens with zero attached hydrogens (tertiary/aromatic N) is 3. The first kappa shape index (κ1) is 32.0. The van der Waals surface area contributed by atoms with Crippen LogP contribution in [0.25, 0.3) is 0 Å². The number of piperidine rings is 2. The number of likely N-dealkylation sites (tertiary alicyclic amines) is 1. The standard InChI is InChI=1S/C32H40F4N4O4/c1-3-44-29(41)23-12-14-38(15-13-23)28-18-24(32(34,35)36)6-9-26(28)21-10-16-39(17-11-21)30(42)31(33)20-40(37)19-27(31)22-4-7-25(43-2)8-5-22/h4-9,18,21,23,27H,3,10-17,19-20,37H2,1-2H3/t27-,31-/m0/s1. The van der Waals surface area contributed by atoms with E-state index in [0.717, 1.165) is 11.6 Å². The highest BCUT2D eigenvalue weighted by Crippen LogP contribution is 2.43. The molecule has 240 valence electrons. The molecule has 2 aromatic carbocycles. The first-order chi connectivity index (χ1) is 20.9. The number of amides is 1. The molecule has 3 aliphatic rings. The van der Waals surface area contributed by atoms with E-state index in [4.69, 9.17) is 15.3 Å². The van der Waals surface area contributed by atoms with Crippen LogP contribution >= 0.6 is 0 Å². The molecule has 12 heteroatoms. The Morgan fingerprint density at radius 3 is 2.25 bits per heavy atom. The highest BCUT2D eigenvalue weighted by Gasteiger charge is 2.55. The fourth-order valence-corrected chi connectivity index (χ4v) is 6.88. The number of hydrogen-bond donors (Lipinski definition) is 1. The molecule has 2 N–H and O–H groups in total. The van der Waals surface area contributed by atoms with E-state index in [-0.39, 0.29) is 50.6 Å². The lowest BCUT2D eigenvalue weighted by Gasteiger charge is -2.39. The van der Waals surface area contributed by atoms with Gasteiger partial charge in [0.25, 0.3) is 5.91 Å². The van der Waals surface area contributed by atoms with Crippen LogP contribution in [-0.2, 0) is 20.5 Å². The molecule has 1 amide bonds. The van der Waals surface area contributed by atoms with Crippen molar-refractivity contribution in [3.05, 3.63) is 59.2 Å². The van der Waals surface area contributed by atoms with E-state index in [1.807, 2.05) is 4.90 Å². The van der Waals surface area contributed by atoms with Crippen LogP contribution in [0.2, 0.25) is 0 Å². The van der Waals surface area contributed by atoms with Gasteiger partial charge >= 0.3 is 12.1 Å². The van der Waals surface area contributed by atoms with Gasteiger partial charge in [-0.25, -0.2) is 9.40 Å². The fourth-order valence-electron chi connectivity index (χ4n) is 6.88. The molecule has 2 atom stereocenters. The van der Waals surface area contributed by atoms with Gasteiger partial charge in [0.15, 0.2) is 0 Å². The van der Waals surface area contributed by atoms with Crippen molar-refractivity contribution in [3.8, 4) is 5.75 Å². The van der Waals surface area contributed by atoms with Crippen molar-refractivity contribution in [2.45, 2.75) is 56.3 Å². The largest absolute Gasteiger partial charge is 0.497 e. The summed E-state index contributed by atoms with van der Waals surface area (Å²) in [7, 11) is 1.54. The van der Waals surface area contributed by atoms with Crippen LogP contribution < -0.4 is 15.5 Å². The van der Waals surface area contributed by atoms with Crippen molar-refractivity contribution >= 4 is 17.6 Å². The number of carbonyl (C=O) groups excluding carboxylic acids is 2. The average molecular weight is 621 g/mol. The Morgan fingerprint density at radius 2 is 1.66 bits per heavy atom. The van der Waals surface area contributed by atoms with E-state index in [1.165, 1.54) is 22.0 Å². The summed E-state index contributed by atoms with van der Waals surface area (Å²) >= 11 is 0. The van der Waals surface area contributed by atoms with Gasteiger partial charge in [0, 0.05) is 44.3 Å². The van der Waals surface area contributed by atoms with E-state index in [2.05, 4.69) is 0 Å². The van der Waals surface area contributed by atoms with Gasteiger partial charge in [-0.2, -0.15) is 13.2 Å². The SMILES string of the molecule is CCOC(=O)C1CCN(c2cc(C(F)(F)F)ccc2C2CCN(C(=O)[C@]3(F)CN(N)C[C@H]3c3ccc(OC)cc3)CC2)CC1. The molecule has 0 aromatic heterocycles. The normalized spacial score (nSPS) is 24.0. The van der Waals surface area contributed by atoms with Crippen molar-refractivity contribution in [3.63, 3.8) is 0 Å². The van der Waals surface area contributed by atoms with Gasteiger partial charge in [-0.3, -0.25) is 15.4 Å². The molecule has 2 aromatic rings. The Balaban J connectivity index is 1.31. The lowest BCUT2D eigenvalue weighted by Crippen LogP contribution is -2.52. The van der Waals surface area contributed by atoms with Crippen molar-refractivity contribution in [2.24, 2.45) is 11.8 Å². The van der Waals surface area contributed by atoms with E-state index in [1.54, 1.807) is 38.3 Å². The van der Waals surface area contributed by atoms with Crippen molar-refractivity contribution in [2.75, 3.05) is 57.9 Å². The molecule has 0 unspecified atom stereocenters. The second kappa shape index (κ2) is 12.9. The first-order valence-electron chi connectivity index (χ1n) is 15.2. The molecule has 0 bridgehead atoms. The quantitative estimate of drug-likeness (QED) is 0.268. The molecule has 0 saturated carbocycles. The van der Waals surface area contributed by atoms with Gasteiger partial charge in [-0.1, -0.05) is 18.2 Å². The van der Waals surface area contributed by atoms with Crippen LogP contribution in [-0.4, -0.2) is 80.4 Å². The predicted molar refractivity (Wildman–Crippen MR) is 157 cm³/mol. The Bertz CT molecular complexity index is 1320. The van der Waals surface area contributed by atoms with Crippen LogP contribution in [0.1, 0.15) is 61.1 Å². The number of rotatable bonds is 7. The maximum atomic E-state index is 16.6. The van der Waals surface area contributed by atoms with Crippen molar-refractivity contribution < 1.29 is 36.6 Å². The molecule has 3 aliphatic heterocycles. The summed E-state index contributed by atoms with van der Waals surface area (Å²) < 4.78 is 68.1. The average Bonchev–Trinajstić information content (AvgIpc) is 3.34. The molecule has 0 radical (unpaired) electrons. The summed E-state index contributed by atoms with van der Waals surface area (Å²) in [6.07, 6.45) is -2.54. The zero-order valence-electron chi connectivity index (χ0n) is 25.1. The third kappa shape index (κ3) is 6.51. The van der Waals surface area contributed by atoms with E-state index in [9.17, 15) is 22.8 Å². The van der Waals surface area contributed by atoms with Crippen LogP contribution in [0.4, 0.5) is 23.2 Å². The minimum atomic E-state index is -4.50. The number of esters is 1. The van der Waals surface area contributed by atoms with Gasteiger partial charge in [0.1, 0.15) is 5.75 Å². The summed E-state index contributed by atoms with van der Waals surface area (Å²) in [6, 6.07) is 10.8. The molecular weight excluding hydrogens is 580 g/mol. The fraction of sp³-hybridized carbons (Fsp3) is 0.562. The smallest absolute Gasteiger partial charge is 0.416 e. The number of ether oxygens (including phenoxy) is 2. The number of benzene rings is 2. The van der Waals surface area contributed by atoms with E-state index in [0.29, 0.717) is 55.8 Å². The van der Waals surface area contributed by atoms with Gasteiger partial charge in [-0.05, 0) is 73.9 Å². The number of anilines is 1. The van der Waals surface area contributed by atoms with Gasteiger partial charge < -0.3 is 19.3 Å². The topological polar surface area (TPSA) is 88.3 Å². The number of methoxy groups -OCH3 is 1. The summed E-state index contributed by atoms with van der Waals surface area (Å²) in [4.78, 5) is 29.4. The summed E-state index contributed by atoms with van der Waals surface area (Å²) in [5.74, 6) is 4.63. The monoisotopic (exact) mass is 620 g/mol. The highest BCUT2D eigenvalue weighted by molar-refractivity contribution is 5.87. The molecule has 8 nitrogen and oxygen atoms in total. The maximum absolute atomic E-state index is 16.6. The van der Waals surface area contributed by atoms with Crippen LogP contribution in [0, 0.1) is 5.92 Å². The van der Waals surface area contributed by atoms with E-state index >= 15 is 4.39 Å². The maximum Gasteiger partial charge on any atom is 0.416 e. The van der Waals surface area contributed by atoms with Crippen LogP contribution in [0.3, 0.4) is 0 Å². The molecule has 44 heavy (non-hydrogen) atoms.